The Kier molecular flexibility index (Phi) is 5.53. The standard InChI is InChI=1S/C13H16N2O4/c1-3-8-15(9-11(16)19-4-2)13(18)10-6-5-7-14-12(10)17/h3,5-7H,1,4,8-9H2,2H3,(H,14,17). The summed E-state index contributed by atoms with van der Waals surface area (Å²) in [5.41, 5.74) is -0.515. The molecule has 1 amide bonds. The van der Waals surface area contributed by atoms with Gasteiger partial charge in [0.25, 0.3) is 11.5 Å². The van der Waals surface area contributed by atoms with Crippen molar-refractivity contribution in [2.45, 2.75) is 6.92 Å². The number of nitrogens with one attached hydrogen (secondary N) is 1. The largest absolute Gasteiger partial charge is 0.465 e. The average molecular weight is 264 g/mol. The second kappa shape index (κ2) is 7.15. The van der Waals surface area contributed by atoms with Crippen LogP contribution in [0.3, 0.4) is 0 Å². The Balaban J connectivity index is 2.90. The van der Waals surface area contributed by atoms with Gasteiger partial charge in [-0.2, -0.15) is 0 Å². The zero-order valence-corrected chi connectivity index (χ0v) is 10.7. The number of nitrogens with zero attached hydrogens (tertiary/aromatic N) is 1. The Morgan fingerprint density at radius 2 is 2.26 bits per heavy atom. The van der Waals surface area contributed by atoms with Crippen LogP contribution in [0.1, 0.15) is 17.3 Å². The van der Waals surface area contributed by atoms with Crippen LogP contribution in [0.5, 0.6) is 0 Å². The molecule has 1 rings (SSSR count). The van der Waals surface area contributed by atoms with E-state index in [4.69, 9.17) is 4.74 Å². The summed E-state index contributed by atoms with van der Waals surface area (Å²) in [5.74, 6) is -1.06. The summed E-state index contributed by atoms with van der Waals surface area (Å²) in [6, 6.07) is 2.95. The lowest BCUT2D eigenvalue weighted by atomic mass is 10.2. The van der Waals surface area contributed by atoms with Crippen molar-refractivity contribution < 1.29 is 14.3 Å². The minimum absolute atomic E-state index is 0.0198. The van der Waals surface area contributed by atoms with Crippen molar-refractivity contribution in [1.29, 1.82) is 0 Å². The minimum atomic E-state index is -0.533. The molecule has 6 heteroatoms. The van der Waals surface area contributed by atoms with E-state index in [-0.39, 0.29) is 25.3 Å². The summed E-state index contributed by atoms with van der Waals surface area (Å²) < 4.78 is 4.78. The van der Waals surface area contributed by atoms with Gasteiger partial charge in [-0.15, -0.1) is 6.58 Å². The quantitative estimate of drug-likeness (QED) is 0.601. The maximum absolute atomic E-state index is 12.1. The van der Waals surface area contributed by atoms with Gasteiger partial charge in [0.05, 0.1) is 6.61 Å². The molecule has 0 saturated heterocycles. The maximum Gasteiger partial charge on any atom is 0.325 e. The molecule has 0 fully saturated rings. The molecule has 0 radical (unpaired) electrons. The van der Waals surface area contributed by atoms with Crippen molar-refractivity contribution in [2.75, 3.05) is 19.7 Å². The maximum atomic E-state index is 12.1. The number of carbonyl (C=O) groups excluding carboxylic acids is 2. The first kappa shape index (κ1) is 14.7. The molecule has 6 nitrogen and oxygen atoms in total. The summed E-state index contributed by atoms with van der Waals surface area (Å²) >= 11 is 0. The van der Waals surface area contributed by atoms with E-state index >= 15 is 0 Å². The third kappa shape index (κ3) is 4.09. The van der Waals surface area contributed by atoms with Crippen molar-refractivity contribution in [3.63, 3.8) is 0 Å². The lowest BCUT2D eigenvalue weighted by molar-refractivity contribution is -0.143. The number of hydrogen-bond acceptors (Lipinski definition) is 4. The number of pyridine rings is 1. The summed E-state index contributed by atoms with van der Waals surface area (Å²) in [4.78, 5) is 38.7. The number of carbonyl (C=O) groups is 2. The first-order valence-electron chi connectivity index (χ1n) is 5.83. The Labute approximate surface area is 110 Å². The van der Waals surface area contributed by atoms with Crippen LogP contribution in [-0.2, 0) is 9.53 Å². The molecule has 0 aliphatic heterocycles. The highest BCUT2D eigenvalue weighted by Crippen LogP contribution is 2.00. The van der Waals surface area contributed by atoms with Gasteiger partial charge in [-0.05, 0) is 19.1 Å². The van der Waals surface area contributed by atoms with Crippen LogP contribution >= 0.6 is 0 Å². The molecule has 0 bridgehead atoms. The van der Waals surface area contributed by atoms with Crippen LogP contribution < -0.4 is 5.56 Å². The van der Waals surface area contributed by atoms with E-state index in [1.165, 1.54) is 23.2 Å². The highest BCUT2D eigenvalue weighted by Gasteiger charge is 2.20. The van der Waals surface area contributed by atoms with Gasteiger partial charge >= 0.3 is 5.97 Å². The lowest BCUT2D eigenvalue weighted by Gasteiger charge is -2.19. The molecular weight excluding hydrogens is 248 g/mol. The van der Waals surface area contributed by atoms with Crippen molar-refractivity contribution in [2.24, 2.45) is 0 Å². The van der Waals surface area contributed by atoms with E-state index in [9.17, 15) is 14.4 Å². The number of hydrogen-bond donors (Lipinski definition) is 1. The fourth-order valence-electron chi connectivity index (χ4n) is 1.50. The van der Waals surface area contributed by atoms with Crippen molar-refractivity contribution in [3.8, 4) is 0 Å². The molecule has 0 saturated carbocycles. The van der Waals surface area contributed by atoms with E-state index in [2.05, 4.69) is 11.6 Å². The predicted octanol–water partition coefficient (Wildman–Crippen LogP) is 0.566. The monoisotopic (exact) mass is 264 g/mol. The molecule has 1 heterocycles. The SMILES string of the molecule is C=CCN(CC(=O)OCC)C(=O)c1ccc[nH]c1=O. The fourth-order valence-corrected chi connectivity index (χ4v) is 1.50. The van der Waals surface area contributed by atoms with Crippen molar-refractivity contribution in [1.82, 2.24) is 9.88 Å². The van der Waals surface area contributed by atoms with E-state index < -0.39 is 17.4 Å². The fraction of sp³-hybridized carbons (Fsp3) is 0.308. The number of ether oxygens (including phenoxy) is 1. The van der Waals surface area contributed by atoms with E-state index in [0.29, 0.717) is 0 Å². The summed E-state index contributed by atoms with van der Waals surface area (Å²) in [6.45, 7) is 5.38. The van der Waals surface area contributed by atoms with Crippen molar-refractivity contribution in [3.05, 3.63) is 46.9 Å². The Bertz CT molecular complexity index is 521. The van der Waals surface area contributed by atoms with Crippen LogP contribution in [-0.4, -0.2) is 41.5 Å². The molecule has 0 unspecified atom stereocenters. The molecule has 0 aliphatic carbocycles. The highest BCUT2D eigenvalue weighted by molar-refractivity contribution is 5.95. The topological polar surface area (TPSA) is 79.5 Å². The predicted molar refractivity (Wildman–Crippen MR) is 69.8 cm³/mol. The molecule has 102 valence electrons. The van der Waals surface area contributed by atoms with Crippen LogP contribution in [0.2, 0.25) is 0 Å². The Morgan fingerprint density at radius 3 is 2.84 bits per heavy atom. The zero-order valence-electron chi connectivity index (χ0n) is 10.7. The summed E-state index contributed by atoms with van der Waals surface area (Å²) in [5, 5.41) is 0. The van der Waals surface area contributed by atoms with E-state index in [1.807, 2.05) is 0 Å². The second-order valence-electron chi connectivity index (χ2n) is 3.69. The normalized spacial score (nSPS) is 9.74. The number of aromatic amines is 1. The smallest absolute Gasteiger partial charge is 0.325 e. The number of esters is 1. The van der Waals surface area contributed by atoms with Gasteiger partial charge in [-0.1, -0.05) is 6.08 Å². The number of rotatable bonds is 6. The van der Waals surface area contributed by atoms with E-state index in [1.54, 1.807) is 13.0 Å². The van der Waals surface area contributed by atoms with Gasteiger partial charge in [0.15, 0.2) is 0 Å². The molecule has 1 aromatic heterocycles. The third-order valence-corrected chi connectivity index (χ3v) is 2.31. The first-order valence-corrected chi connectivity index (χ1v) is 5.83. The number of aromatic nitrogens is 1. The number of H-pyrrole nitrogens is 1. The van der Waals surface area contributed by atoms with Gasteiger partial charge in [-0.3, -0.25) is 14.4 Å². The highest BCUT2D eigenvalue weighted by atomic mass is 16.5. The van der Waals surface area contributed by atoms with Crippen LogP contribution in [0, 0.1) is 0 Å². The van der Waals surface area contributed by atoms with Crippen molar-refractivity contribution >= 4 is 11.9 Å². The second-order valence-corrected chi connectivity index (χ2v) is 3.69. The molecule has 0 spiro atoms. The third-order valence-electron chi connectivity index (χ3n) is 2.31. The van der Waals surface area contributed by atoms with E-state index in [0.717, 1.165) is 0 Å². The Hall–Kier alpha value is -2.37. The summed E-state index contributed by atoms with van der Waals surface area (Å²) in [7, 11) is 0. The van der Waals surface area contributed by atoms with Gasteiger partial charge < -0.3 is 14.6 Å². The van der Waals surface area contributed by atoms with Gasteiger partial charge in [-0.25, -0.2) is 0 Å². The van der Waals surface area contributed by atoms with Crippen LogP contribution in [0.4, 0.5) is 0 Å². The van der Waals surface area contributed by atoms with Crippen LogP contribution in [0.25, 0.3) is 0 Å². The molecule has 1 aromatic rings. The van der Waals surface area contributed by atoms with Gasteiger partial charge in [0.1, 0.15) is 12.1 Å². The molecule has 0 aromatic carbocycles. The Morgan fingerprint density at radius 1 is 1.53 bits per heavy atom. The molecule has 0 atom stereocenters. The molecule has 19 heavy (non-hydrogen) atoms. The number of amides is 1. The van der Waals surface area contributed by atoms with Gasteiger partial charge in [0.2, 0.25) is 0 Å². The first-order chi connectivity index (χ1) is 9.10. The van der Waals surface area contributed by atoms with Crippen LogP contribution in [0.15, 0.2) is 35.8 Å². The molecule has 0 aliphatic rings. The lowest BCUT2D eigenvalue weighted by Crippen LogP contribution is -2.39. The minimum Gasteiger partial charge on any atom is -0.465 e. The summed E-state index contributed by atoms with van der Waals surface area (Å²) in [6.07, 6.45) is 2.91. The zero-order chi connectivity index (χ0) is 14.3. The molecule has 1 N–H and O–H groups in total. The average Bonchev–Trinajstić information content (AvgIpc) is 2.38. The van der Waals surface area contributed by atoms with Gasteiger partial charge in [0, 0.05) is 12.7 Å². The molecular formula is C13H16N2O4.